The number of phenolic OH excluding ortho intramolecular Hbond substituents is 1. The van der Waals surface area contributed by atoms with E-state index in [1.807, 2.05) is 29.9 Å². The highest BCUT2D eigenvalue weighted by atomic mass is 16.3. The SMILES string of the molecule is CN(C)[C@H]1C(=O)C(C(N)=O)=C(O)[C@@]2(O)C(=O)C3=C(O)c4c(O)ccc(CNCc5cccn5C)c4C[C@H]3C[C@H]12. The zero-order valence-corrected chi connectivity index (χ0v) is 21.9. The molecule has 2 aromatic rings. The van der Waals surface area contributed by atoms with Crippen LogP contribution in [0.1, 0.15) is 28.8 Å². The Bertz CT molecular complexity index is 1470. The fourth-order valence-electron chi connectivity index (χ4n) is 6.48. The van der Waals surface area contributed by atoms with Gasteiger partial charge in [-0.1, -0.05) is 6.07 Å². The van der Waals surface area contributed by atoms with Gasteiger partial charge in [0.05, 0.1) is 11.6 Å². The lowest BCUT2D eigenvalue weighted by Crippen LogP contribution is -2.65. The second-order valence-electron chi connectivity index (χ2n) is 10.8. The van der Waals surface area contributed by atoms with Crippen molar-refractivity contribution >= 4 is 23.2 Å². The number of aromatic nitrogens is 1. The molecule has 1 fully saturated rings. The van der Waals surface area contributed by atoms with E-state index in [4.69, 9.17) is 5.73 Å². The van der Waals surface area contributed by atoms with Gasteiger partial charge in [-0.3, -0.25) is 19.3 Å². The zero-order chi connectivity index (χ0) is 28.4. The number of aryl methyl sites for hydroxylation is 1. The highest BCUT2D eigenvalue weighted by Gasteiger charge is 2.64. The average Bonchev–Trinajstić information content (AvgIpc) is 3.26. The summed E-state index contributed by atoms with van der Waals surface area (Å²) in [6.07, 6.45) is 2.25. The van der Waals surface area contributed by atoms with Gasteiger partial charge in [-0.05, 0) is 62.2 Å². The minimum atomic E-state index is -2.64. The Morgan fingerprint density at radius 1 is 1.18 bits per heavy atom. The minimum Gasteiger partial charge on any atom is -0.508 e. The van der Waals surface area contributed by atoms with E-state index in [1.54, 1.807) is 20.2 Å². The lowest BCUT2D eigenvalue weighted by Gasteiger charge is -2.50. The number of phenols is 1. The predicted octanol–water partition coefficient (Wildman–Crippen LogP) is 0.592. The largest absolute Gasteiger partial charge is 0.508 e. The number of aliphatic hydroxyl groups excluding tert-OH is 2. The molecular formula is C28H32N4O7. The van der Waals surface area contributed by atoms with Gasteiger partial charge >= 0.3 is 0 Å². The van der Waals surface area contributed by atoms with Gasteiger partial charge in [0.25, 0.3) is 5.91 Å². The third kappa shape index (κ3) is 3.88. The van der Waals surface area contributed by atoms with Crippen LogP contribution in [0.5, 0.6) is 5.75 Å². The van der Waals surface area contributed by atoms with Gasteiger partial charge in [0.1, 0.15) is 22.8 Å². The normalized spacial score (nSPS) is 26.5. The molecule has 5 rings (SSSR count). The number of amides is 1. The van der Waals surface area contributed by atoms with Gasteiger partial charge in [0.2, 0.25) is 5.78 Å². The summed E-state index contributed by atoms with van der Waals surface area (Å²) in [5.74, 6) is -6.59. The molecule has 0 radical (unpaired) electrons. The Hall–Kier alpha value is -3.93. The molecule has 3 aliphatic rings. The third-order valence-electron chi connectivity index (χ3n) is 8.37. The average molecular weight is 537 g/mol. The van der Waals surface area contributed by atoms with E-state index in [0.717, 1.165) is 11.3 Å². The first-order chi connectivity index (χ1) is 18.4. The Balaban J connectivity index is 1.58. The fourth-order valence-corrected chi connectivity index (χ4v) is 6.48. The smallest absolute Gasteiger partial charge is 0.255 e. The third-order valence-corrected chi connectivity index (χ3v) is 8.37. The number of fused-ring (bicyclic) bond motifs is 3. The molecule has 4 atom stereocenters. The van der Waals surface area contributed by atoms with Crippen LogP contribution < -0.4 is 11.1 Å². The lowest BCUT2D eigenvalue weighted by molar-refractivity contribution is -0.153. The van der Waals surface area contributed by atoms with Crippen LogP contribution in [-0.4, -0.2) is 73.1 Å². The number of ketones is 2. The van der Waals surface area contributed by atoms with E-state index in [-0.39, 0.29) is 29.7 Å². The van der Waals surface area contributed by atoms with Crippen LogP contribution in [0.4, 0.5) is 0 Å². The molecule has 3 aliphatic carbocycles. The summed E-state index contributed by atoms with van der Waals surface area (Å²) in [5, 5.41) is 48.0. The number of benzene rings is 1. The molecule has 39 heavy (non-hydrogen) atoms. The maximum absolute atomic E-state index is 13.9. The maximum atomic E-state index is 13.9. The number of hydrogen-bond acceptors (Lipinski definition) is 9. The molecule has 1 amide bonds. The van der Waals surface area contributed by atoms with Crippen LogP contribution in [0.3, 0.4) is 0 Å². The van der Waals surface area contributed by atoms with Crippen molar-refractivity contribution in [2.24, 2.45) is 24.6 Å². The minimum absolute atomic E-state index is 0.0532. The van der Waals surface area contributed by atoms with Crippen molar-refractivity contribution in [1.82, 2.24) is 14.8 Å². The number of aromatic hydroxyl groups is 1. The number of carbonyl (C=O) groups excluding carboxylic acids is 3. The second-order valence-corrected chi connectivity index (χ2v) is 10.8. The molecule has 1 heterocycles. The van der Waals surface area contributed by atoms with Gasteiger partial charge in [-0.25, -0.2) is 0 Å². The number of nitrogens with two attached hydrogens (primary N) is 1. The summed E-state index contributed by atoms with van der Waals surface area (Å²) >= 11 is 0. The van der Waals surface area contributed by atoms with E-state index in [2.05, 4.69) is 5.32 Å². The van der Waals surface area contributed by atoms with Crippen LogP contribution in [-0.2, 0) is 40.9 Å². The number of aliphatic hydroxyl groups is 3. The monoisotopic (exact) mass is 536 g/mol. The molecule has 0 spiro atoms. The van der Waals surface area contributed by atoms with Gasteiger partial charge in [-0.15, -0.1) is 0 Å². The summed E-state index contributed by atoms with van der Waals surface area (Å²) in [4.78, 5) is 40.6. The molecular weight excluding hydrogens is 504 g/mol. The standard InChI is InChI=1S/C28H32N4O7/c1-31(2)22-17-10-14-9-16-13(11-30-12-15-5-4-8-32(15)3)6-7-18(33)20(16)23(34)19(14)25(36)28(17,39)26(37)21(24(22)35)27(29)38/h4-8,14,17,22,30,33-34,37,39H,9-12H2,1-3H3,(H2,29,38)/t14-,17+,22+,28-/m0/s1. The van der Waals surface area contributed by atoms with E-state index >= 15 is 0 Å². The van der Waals surface area contributed by atoms with Crippen molar-refractivity contribution in [3.8, 4) is 5.75 Å². The Kier molecular flexibility index (Phi) is 6.41. The van der Waals surface area contributed by atoms with E-state index in [0.29, 0.717) is 18.7 Å². The molecule has 1 aromatic heterocycles. The second kappa shape index (κ2) is 9.37. The fraction of sp³-hybridized carbons (Fsp3) is 0.393. The van der Waals surface area contributed by atoms with E-state index < -0.39 is 58.0 Å². The first kappa shape index (κ1) is 26.7. The number of primary amides is 1. The highest BCUT2D eigenvalue weighted by molar-refractivity contribution is 6.24. The van der Waals surface area contributed by atoms with Crippen molar-refractivity contribution in [2.45, 2.75) is 37.6 Å². The van der Waals surface area contributed by atoms with Crippen molar-refractivity contribution in [3.63, 3.8) is 0 Å². The summed E-state index contributed by atoms with van der Waals surface area (Å²) in [7, 11) is 5.09. The number of hydrogen-bond donors (Lipinski definition) is 6. The van der Waals surface area contributed by atoms with Crippen LogP contribution in [0.25, 0.3) is 5.76 Å². The Labute approximate surface area is 224 Å². The van der Waals surface area contributed by atoms with Crippen LogP contribution >= 0.6 is 0 Å². The van der Waals surface area contributed by atoms with Crippen LogP contribution in [0.15, 0.2) is 47.4 Å². The number of nitrogens with zero attached hydrogens (tertiary/aromatic N) is 2. The molecule has 1 aromatic carbocycles. The molecule has 0 saturated heterocycles. The summed E-state index contributed by atoms with van der Waals surface area (Å²) in [5.41, 5.74) is 4.35. The zero-order valence-electron chi connectivity index (χ0n) is 21.9. The number of Topliss-reactive ketones (excluding diaryl/α,β-unsaturated/α-hetero) is 2. The number of carbonyl (C=O) groups is 3. The summed E-state index contributed by atoms with van der Waals surface area (Å²) in [6.45, 7) is 1.01. The summed E-state index contributed by atoms with van der Waals surface area (Å²) in [6, 6.07) is 6.02. The molecule has 206 valence electrons. The Morgan fingerprint density at radius 2 is 1.90 bits per heavy atom. The van der Waals surface area contributed by atoms with Crippen molar-refractivity contribution < 1.29 is 34.8 Å². The summed E-state index contributed by atoms with van der Waals surface area (Å²) < 4.78 is 2.00. The lowest BCUT2D eigenvalue weighted by atomic mass is 9.57. The first-order valence-electron chi connectivity index (χ1n) is 12.7. The quantitative estimate of drug-likeness (QED) is 0.288. The van der Waals surface area contributed by atoms with Crippen molar-refractivity contribution in [3.05, 3.63) is 69.8 Å². The number of nitrogens with one attached hydrogen (secondary N) is 1. The molecule has 7 N–H and O–H groups in total. The van der Waals surface area contributed by atoms with Gasteiger partial charge in [0.15, 0.2) is 11.4 Å². The predicted molar refractivity (Wildman–Crippen MR) is 140 cm³/mol. The molecule has 1 saturated carbocycles. The maximum Gasteiger partial charge on any atom is 0.255 e. The molecule has 11 heteroatoms. The van der Waals surface area contributed by atoms with Gasteiger partial charge in [0, 0.05) is 43.5 Å². The Morgan fingerprint density at radius 3 is 2.51 bits per heavy atom. The number of likely N-dealkylation sites (N-methyl/N-ethyl adjacent to an activating group) is 1. The van der Waals surface area contributed by atoms with E-state index in [1.165, 1.54) is 11.0 Å². The molecule has 11 nitrogen and oxygen atoms in total. The number of rotatable bonds is 6. The van der Waals surface area contributed by atoms with Gasteiger partial charge in [-0.2, -0.15) is 0 Å². The van der Waals surface area contributed by atoms with Crippen molar-refractivity contribution in [1.29, 1.82) is 0 Å². The van der Waals surface area contributed by atoms with E-state index in [9.17, 15) is 34.8 Å². The highest BCUT2D eigenvalue weighted by Crippen LogP contribution is 2.52. The molecule has 0 unspecified atom stereocenters. The van der Waals surface area contributed by atoms with Crippen molar-refractivity contribution in [2.75, 3.05) is 14.1 Å². The van der Waals surface area contributed by atoms with Crippen LogP contribution in [0.2, 0.25) is 0 Å². The van der Waals surface area contributed by atoms with Crippen LogP contribution in [0, 0.1) is 11.8 Å². The molecule has 0 aliphatic heterocycles. The first-order valence-corrected chi connectivity index (χ1v) is 12.7. The molecule has 0 bridgehead atoms. The van der Waals surface area contributed by atoms with Gasteiger partial charge < -0.3 is 36.0 Å². The topological polar surface area (TPSA) is 178 Å².